The van der Waals surface area contributed by atoms with Crippen molar-refractivity contribution in [2.24, 2.45) is 7.05 Å². The topological polar surface area (TPSA) is 72.1 Å². The Balaban J connectivity index is 1.96. The molecule has 2 heterocycles. The first-order valence-electron chi connectivity index (χ1n) is 6.10. The van der Waals surface area contributed by atoms with Crippen molar-refractivity contribution in [2.75, 3.05) is 5.32 Å². The Morgan fingerprint density at radius 1 is 1.42 bits per heavy atom. The number of furan rings is 1. The minimum Gasteiger partial charge on any atom is -0.464 e. The van der Waals surface area contributed by atoms with Crippen LogP contribution in [0.25, 0.3) is 0 Å². The Labute approximate surface area is 111 Å². The van der Waals surface area contributed by atoms with Crippen LogP contribution in [0.15, 0.2) is 22.6 Å². The lowest BCUT2D eigenvalue weighted by Crippen LogP contribution is -2.31. The molecule has 6 nitrogen and oxygen atoms in total. The highest BCUT2D eigenvalue weighted by molar-refractivity contribution is 5.88. The first kappa shape index (κ1) is 13.2. The summed E-state index contributed by atoms with van der Waals surface area (Å²) < 4.78 is 7.09. The number of urea groups is 1. The molecule has 0 spiro atoms. The van der Waals surface area contributed by atoms with E-state index in [0.29, 0.717) is 5.82 Å². The Hall–Kier alpha value is -2.24. The molecule has 0 aliphatic rings. The van der Waals surface area contributed by atoms with E-state index in [0.717, 1.165) is 17.2 Å². The Morgan fingerprint density at radius 3 is 2.68 bits per heavy atom. The number of anilines is 1. The first-order chi connectivity index (χ1) is 8.95. The Kier molecular flexibility index (Phi) is 3.59. The second-order valence-electron chi connectivity index (χ2n) is 4.56. The van der Waals surface area contributed by atoms with Crippen LogP contribution in [0.5, 0.6) is 0 Å². The predicted molar refractivity (Wildman–Crippen MR) is 72.0 cm³/mol. The number of amides is 2. The lowest BCUT2D eigenvalue weighted by atomic mass is 10.2. The smallest absolute Gasteiger partial charge is 0.320 e. The number of rotatable bonds is 3. The molecule has 102 valence electrons. The number of carbonyl (C=O) groups excluding carboxylic acids is 1. The van der Waals surface area contributed by atoms with Crippen LogP contribution in [-0.2, 0) is 7.05 Å². The molecule has 1 atom stereocenters. The third kappa shape index (κ3) is 3.15. The molecule has 19 heavy (non-hydrogen) atoms. The van der Waals surface area contributed by atoms with Gasteiger partial charge in [0.2, 0.25) is 0 Å². The highest BCUT2D eigenvalue weighted by atomic mass is 16.3. The third-order valence-electron chi connectivity index (χ3n) is 2.78. The molecule has 0 bridgehead atoms. The minimum atomic E-state index is -0.287. The number of aromatic nitrogens is 2. The molecular weight excluding hydrogens is 244 g/mol. The van der Waals surface area contributed by atoms with Crippen LogP contribution in [0.3, 0.4) is 0 Å². The largest absolute Gasteiger partial charge is 0.464 e. The van der Waals surface area contributed by atoms with Gasteiger partial charge in [0.05, 0.1) is 11.7 Å². The van der Waals surface area contributed by atoms with Gasteiger partial charge in [-0.15, -0.1) is 0 Å². The van der Waals surface area contributed by atoms with Crippen LogP contribution < -0.4 is 10.6 Å². The van der Waals surface area contributed by atoms with Crippen molar-refractivity contribution in [3.05, 3.63) is 35.4 Å². The minimum absolute atomic E-state index is 0.192. The highest BCUT2D eigenvalue weighted by Crippen LogP contribution is 2.16. The maximum atomic E-state index is 11.9. The maximum absolute atomic E-state index is 11.9. The molecule has 0 aliphatic carbocycles. The van der Waals surface area contributed by atoms with E-state index in [1.165, 1.54) is 0 Å². The first-order valence-corrected chi connectivity index (χ1v) is 6.10. The average molecular weight is 262 g/mol. The number of nitrogens with one attached hydrogen (secondary N) is 2. The monoisotopic (exact) mass is 262 g/mol. The normalized spacial score (nSPS) is 12.2. The quantitative estimate of drug-likeness (QED) is 0.892. The van der Waals surface area contributed by atoms with E-state index in [1.54, 1.807) is 17.8 Å². The summed E-state index contributed by atoms with van der Waals surface area (Å²) >= 11 is 0. The van der Waals surface area contributed by atoms with Gasteiger partial charge in [0.25, 0.3) is 0 Å². The summed E-state index contributed by atoms with van der Waals surface area (Å²) in [5, 5.41) is 9.72. The molecule has 2 rings (SSSR count). The summed E-state index contributed by atoms with van der Waals surface area (Å²) in [6.07, 6.45) is 0. The number of hydrogen-bond acceptors (Lipinski definition) is 3. The van der Waals surface area contributed by atoms with Gasteiger partial charge in [0.1, 0.15) is 17.3 Å². The van der Waals surface area contributed by atoms with Gasteiger partial charge in [-0.2, -0.15) is 5.10 Å². The van der Waals surface area contributed by atoms with Crippen molar-refractivity contribution in [3.63, 3.8) is 0 Å². The zero-order valence-corrected chi connectivity index (χ0v) is 11.5. The van der Waals surface area contributed by atoms with Crippen LogP contribution in [0, 0.1) is 13.8 Å². The zero-order valence-electron chi connectivity index (χ0n) is 11.5. The summed E-state index contributed by atoms with van der Waals surface area (Å²) in [5.74, 6) is 2.21. The van der Waals surface area contributed by atoms with Crippen LogP contribution in [0.2, 0.25) is 0 Å². The van der Waals surface area contributed by atoms with Gasteiger partial charge in [-0.05, 0) is 32.9 Å². The van der Waals surface area contributed by atoms with Crippen LogP contribution in [0.1, 0.15) is 30.2 Å². The van der Waals surface area contributed by atoms with Gasteiger partial charge in [0.15, 0.2) is 0 Å². The van der Waals surface area contributed by atoms with E-state index < -0.39 is 0 Å². The molecule has 2 aromatic heterocycles. The lowest BCUT2D eigenvalue weighted by molar-refractivity contribution is 0.247. The SMILES string of the molecule is Cc1cc(NC(=O)N[C@H](C)c2ccc(C)o2)n(C)n1. The molecule has 2 aromatic rings. The fourth-order valence-corrected chi connectivity index (χ4v) is 1.83. The third-order valence-corrected chi connectivity index (χ3v) is 2.78. The standard InChI is InChI=1S/C13H18N4O2/c1-8-7-12(17(4)16-8)15-13(18)14-10(3)11-6-5-9(2)19-11/h5-7,10H,1-4H3,(H2,14,15,18)/t10-/m1/s1. The molecule has 6 heteroatoms. The van der Waals surface area contributed by atoms with Crippen LogP contribution >= 0.6 is 0 Å². The van der Waals surface area contributed by atoms with Gasteiger partial charge in [-0.1, -0.05) is 0 Å². The molecule has 0 saturated heterocycles. The lowest BCUT2D eigenvalue weighted by Gasteiger charge is -2.12. The van der Waals surface area contributed by atoms with Gasteiger partial charge >= 0.3 is 6.03 Å². The molecular formula is C13H18N4O2. The predicted octanol–water partition coefficient (Wildman–Crippen LogP) is 2.51. The van der Waals surface area contributed by atoms with Gasteiger partial charge in [-0.25, -0.2) is 4.79 Å². The summed E-state index contributed by atoms with van der Waals surface area (Å²) in [5.41, 5.74) is 0.854. The number of nitrogens with zero attached hydrogens (tertiary/aromatic N) is 2. The van der Waals surface area contributed by atoms with Crippen LogP contribution in [-0.4, -0.2) is 15.8 Å². The van der Waals surface area contributed by atoms with Crippen molar-refractivity contribution in [3.8, 4) is 0 Å². The molecule has 0 fully saturated rings. The van der Waals surface area contributed by atoms with E-state index in [-0.39, 0.29) is 12.1 Å². The van der Waals surface area contributed by atoms with Gasteiger partial charge in [-0.3, -0.25) is 10.00 Å². The molecule has 0 radical (unpaired) electrons. The Bertz CT molecular complexity index is 585. The van der Waals surface area contributed by atoms with E-state index in [2.05, 4.69) is 15.7 Å². The summed E-state index contributed by atoms with van der Waals surface area (Å²) in [7, 11) is 1.78. The zero-order chi connectivity index (χ0) is 14.0. The Morgan fingerprint density at radius 2 is 2.16 bits per heavy atom. The van der Waals surface area contributed by atoms with Crippen molar-refractivity contribution in [1.29, 1.82) is 0 Å². The highest BCUT2D eigenvalue weighted by Gasteiger charge is 2.13. The number of aryl methyl sites for hydroxylation is 3. The number of carbonyl (C=O) groups is 1. The fraction of sp³-hybridized carbons (Fsp3) is 0.385. The van der Waals surface area contributed by atoms with Gasteiger partial charge < -0.3 is 9.73 Å². The number of hydrogen-bond donors (Lipinski definition) is 2. The van der Waals surface area contributed by atoms with Crippen molar-refractivity contribution >= 4 is 11.8 Å². The summed E-state index contributed by atoms with van der Waals surface area (Å²) in [4.78, 5) is 11.9. The maximum Gasteiger partial charge on any atom is 0.320 e. The summed E-state index contributed by atoms with van der Waals surface area (Å²) in [6.45, 7) is 5.61. The molecule has 0 unspecified atom stereocenters. The van der Waals surface area contributed by atoms with Crippen molar-refractivity contribution < 1.29 is 9.21 Å². The van der Waals surface area contributed by atoms with Gasteiger partial charge in [0, 0.05) is 13.1 Å². The van der Waals surface area contributed by atoms with Crippen molar-refractivity contribution in [2.45, 2.75) is 26.8 Å². The molecule has 0 saturated carbocycles. The van der Waals surface area contributed by atoms with E-state index in [9.17, 15) is 4.79 Å². The van der Waals surface area contributed by atoms with E-state index in [1.807, 2.05) is 32.9 Å². The van der Waals surface area contributed by atoms with E-state index >= 15 is 0 Å². The second kappa shape index (κ2) is 5.17. The second-order valence-corrected chi connectivity index (χ2v) is 4.56. The van der Waals surface area contributed by atoms with Crippen LogP contribution in [0.4, 0.5) is 10.6 Å². The van der Waals surface area contributed by atoms with Crippen molar-refractivity contribution in [1.82, 2.24) is 15.1 Å². The molecule has 0 aliphatic heterocycles. The molecule has 2 amide bonds. The average Bonchev–Trinajstić information content (AvgIpc) is 2.86. The molecule has 2 N–H and O–H groups in total. The van der Waals surface area contributed by atoms with E-state index in [4.69, 9.17) is 4.42 Å². The fourth-order valence-electron chi connectivity index (χ4n) is 1.83. The summed E-state index contributed by atoms with van der Waals surface area (Å²) in [6, 6.07) is 5.05. The molecule has 0 aromatic carbocycles.